The molecule has 8 heteroatoms. The molecule has 4 rings (SSSR count). The Morgan fingerprint density at radius 1 is 1.36 bits per heavy atom. The summed E-state index contributed by atoms with van der Waals surface area (Å²) >= 11 is 7.75. The third kappa shape index (κ3) is 3.48. The highest BCUT2D eigenvalue weighted by atomic mass is 35.5. The number of hydrogen-bond donors (Lipinski definition) is 1. The fraction of sp³-hybridized carbons (Fsp3) is 0.353. The molecule has 130 valence electrons. The minimum Gasteiger partial charge on any atom is -0.351 e. The van der Waals surface area contributed by atoms with Gasteiger partial charge in [0.1, 0.15) is 0 Å². The van der Waals surface area contributed by atoms with Crippen molar-refractivity contribution in [2.45, 2.75) is 19.4 Å². The van der Waals surface area contributed by atoms with Crippen molar-refractivity contribution in [2.75, 3.05) is 18.0 Å². The Morgan fingerprint density at radius 3 is 3.12 bits per heavy atom. The Balaban J connectivity index is 1.46. The highest BCUT2D eigenvalue weighted by Gasteiger charge is 2.28. The van der Waals surface area contributed by atoms with Gasteiger partial charge < -0.3 is 10.2 Å². The van der Waals surface area contributed by atoms with Gasteiger partial charge in [-0.1, -0.05) is 17.7 Å². The molecule has 1 amide bonds. The summed E-state index contributed by atoms with van der Waals surface area (Å²) in [6, 6.07) is 7.67. The summed E-state index contributed by atoms with van der Waals surface area (Å²) in [5.41, 5.74) is 0.753. The minimum atomic E-state index is -0.0414. The van der Waals surface area contributed by atoms with Crippen LogP contribution in [-0.4, -0.2) is 33.6 Å². The van der Waals surface area contributed by atoms with Gasteiger partial charge in [0.05, 0.1) is 17.5 Å². The van der Waals surface area contributed by atoms with E-state index in [1.54, 1.807) is 17.4 Å². The van der Waals surface area contributed by atoms with Crippen molar-refractivity contribution in [3.05, 3.63) is 45.7 Å². The molecule has 3 aromatic rings. The van der Waals surface area contributed by atoms with Crippen LogP contribution in [-0.2, 0) is 11.3 Å². The number of rotatable bonds is 4. The summed E-state index contributed by atoms with van der Waals surface area (Å²) < 4.78 is 1.88. The first kappa shape index (κ1) is 16.4. The van der Waals surface area contributed by atoms with Crippen LogP contribution in [0.3, 0.4) is 0 Å². The maximum Gasteiger partial charge on any atom is 0.231 e. The first-order chi connectivity index (χ1) is 12.2. The number of nitrogens with zero attached hydrogens (tertiary/aromatic N) is 4. The number of fused-ring (bicyclic) bond motifs is 1. The zero-order valence-electron chi connectivity index (χ0n) is 13.6. The number of halogens is 1. The molecule has 0 bridgehead atoms. The van der Waals surface area contributed by atoms with E-state index in [1.807, 2.05) is 34.2 Å². The Bertz CT molecular complexity index is 878. The smallest absolute Gasteiger partial charge is 0.231 e. The van der Waals surface area contributed by atoms with Crippen LogP contribution >= 0.6 is 22.9 Å². The van der Waals surface area contributed by atoms with Crippen molar-refractivity contribution < 1.29 is 4.79 Å². The minimum absolute atomic E-state index is 0.0414. The van der Waals surface area contributed by atoms with Gasteiger partial charge in [-0.15, -0.1) is 21.5 Å². The predicted molar refractivity (Wildman–Crippen MR) is 99.1 cm³/mol. The van der Waals surface area contributed by atoms with Crippen molar-refractivity contribution in [3.8, 4) is 0 Å². The monoisotopic (exact) mass is 375 g/mol. The molecule has 1 aliphatic heterocycles. The molecule has 0 saturated carbocycles. The fourth-order valence-electron chi connectivity index (χ4n) is 3.17. The third-order valence-electron chi connectivity index (χ3n) is 4.44. The van der Waals surface area contributed by atoms with Crippen molar-refractivity contribution in [2.24, 2.45) is 5.92 Å². The first-order valence-electron chi connectivity index (χ1n) is 8.26. The number of carbonyl (C=O) groups is 1. The van der Waals surface area contributed by atoms with Gasteiger partial charge in [-0.25, -0.2) is 0 Å². The van der Waals surface area contributed by atoms with Crippen molar-refractivity contribution >= 4 is 40.4 Å². The summed E-state index contributed by atoms with van der Waals surface area (Å²) in [4.78, 5) is 15.8. The maximum absolute atomic E-state index is 12.5. The largest absolute Gasteiger partial charge is 0.351 e. The number of carbonyl (C=O) groups excluding carboxylic acids is 1. The van der Waals surface area contributed by atoms with Crippen LogP contribution in [0.2, 0.25) is 5.02 Å². The molecule has 0 aliphatic carbocycles. The molecule has 0 radical (unpaired) electrons. The van der Waals surface area contributed by atoms with E-state index in [0.717, 1.165) is 31.0 Å². The molecule has 1 saturated heterocycles. The molecule has 1 aliphatic rings. The van der Waals surface area contributed by atoms with Crippen LogP contribution in [0.5, 0.6) is 0 Å². The van der Waals surface area contributed by atoms with Gasteiger partial charge in [-0.3, -0.25) is 9.20 Å². The standard InChI is InChI=1S/C17H18ClN5OS/c18-13-5-6-15-20-21-17(23(15)11-13)22-7-1-3-12(10-22)16(24)19-9-14-4-2-8-25-14/h2,4-6,8,11-12H,1,3,7,9-10H2,(H,19,24). The zero-order chi connectivity index (χ0) is 17.2. The summed E-state index contributed by atoms with van der Waals surface area (Å²) in [5.74, 6) is 0.804. The lowest BCUT2D eigenvalue weighted by Gasteiger charge is -2.31. The molecule has 3 aromatic heterocycles. The highest BCUT2D eigenvalue weighted by molar-refractivity contribution is 7.09. The molecule has 1 unspecified atom stereocenters. The van der Waals surface area contributed by atoms with Gasteiger partial charge in [-0.05, 0) is 36.4 Å². The topological polar surface area (TPSA) is 62.5 Å². The van der Waals surface area contributed by atoms with Gasteiger partial charge in [0.15, 0.2) is 5.65 Å². The van der Waals surface area contributed by atoms with Crippen LogP contribution in [0, 0.1) is 5.92 Å². The van der Waals surface area contributed by atoms with Crippen LogP contribution in [0.15, 0.2) is 35.8 Å². The second-order valence-electron chi connectivity index (χ2n) is 6.16. The lowest BCUT2D eigenvalue weighted by molar-refractivity contribution is -0.125. The van der Waals surface area contributed by atoms with Gasteiger partial charge >= 0.3 is 0 Å². The Kier molecular flexibility index (Phi) is 4.59. The van der Waals surface area contributed by atoms with Gasteiger partial charge in [0, 0.05) is 24.2 Å². The number of anilines is 1. The van der Waals surface area contributed by atoms with E-state index in [1.165, 1.54) is 4.88 Å². The number of pyridine rings is 1. The molecule has 0 spiro atoms. The fourth-order valence-corrected chi connectivity index (χ4v) is 3.98. The maximum atomic E-state index is 12.5. The number of hydrogen-bond acceptors (Lipinski definition) is 5. The van der Waals surface area contributed by atoms with E-state index in [2.05, 4.69) is 20.4 Å². The van der Waals surface area contributed by atoms with E-state index in [0.29, 0.717) is 18.1 Å². The van der Waals surface area contributed by atoms with Gasteiger partial charge in [-0.2, -0.15) is 0 Å². The average Bonchev–Trinajstić information content (AvgIpc) is 3.29. The molecule has 6 nitrogen and oxygen atoms in total. The Hall–Kier alpha value is -2.12. The molecule has 1 atom stereocenters. The zero-order valence-corrected chi connectivity index (χ0v) is 15.1. The summed E-state index contributed by atoms with van der Waals surface area (Å²) in [6.07, 6.45) is 3.66. The van der Waals surface area contributed by atoms with Gasteiger partial charge in [0.25, 0.3) is 0 Å². The Morgan fingerprint density at radius 2 is 2.28 bits per heavy atom. The molecular weight excluding hydrogens is 358 g/mol. The number of piperidine rings is 1. The molecule has 0 aromatic carbocycles. The second kappa shape index (κ2) is 7.01. The van der Waals surface area contributed by atoms with E-state index < -0.39 is 0 Å². The third-order valence-corrected chi connectivity index (χ3v) is 5.54. The molecule has 1 fully saturated rings. The SMILES string of the molecule is O=C(NCc1cccs1)C1CCCN(c2nnc3ccc(Cl)cn23)C1. The van der Waals surface area contributed by atoms with Crippen LogP contribution in [0.25, 0.3) is 5.65 Å². The molecule has 1 N–H and O–H groups in total. The van der Waals surface area contributed by atoms with Crippen LogP contribution < -0.4 is 10.2 Å². The summed E-state index contributed by atoms with van der Waals surface area (Å²) in [6.45, 7) is 2.10. The Labute approximate surface area is 154 Å². The molecular formula is C17H18ClN5OS. The lowest BCUT2D eigenvalue weighted by atomic mass is 9.97. The number of thiophene rings is 1. The van der Waals surface area contributed by atoms with Gasteiger partial charge in [0.2, 0.25) is 11.9 Å². The lowest BCUT2D eigenvalue weighted by Crippen LogP contribution is -2.43. The van der Waals surface area contributed by atoms with E-state index in [9.17, 15) is 4.79 Å². The quantitative estimate of drug-likeness (QED) is 0.761. The van der Waals surface area contributed by atoms with E-state index in [-0.39, 0.29) is 11.8 Å². The van der Waals surface area contributed by atoms with E-state index >= 15 is 0 Å². The first-order valence-corrected chi connectivity index (χ1v) is 9.52. The van der Waals surface area contributed by atoms with Crippen molar-refractivity contribution in [1.29, 1.82) is 0 Å². The van der Waals surface area contributed by atoms with Crippen LogP contribution in [0.4, 0.5) is 5.95 Å². The predicted octanol–water partition coefficient (Wildman–Crippen LogP) is 2.98. The van der Waals surface area contributed by atoms with Crippen molar-refractivity contribution in [3.63, 3.8) is 0 Å². The normalized spacial score (nSPS) is 17.8. The number of aromatic nitrogens is 3. The number of amides is 1. The number of nitrogens with one attached hydrogen (secondary N) is 1. The summed E-state index contributed by atoms with van der Waals surface area (Å²) in [5, 5.41) is 14.2. The summed E-state index contributed by atoms with van der Waals surface area (Å²) in [7, 11) is 0. The molecule has 25 heavy (non-hydrogen) atoms. The highest BCUT2D eigenvalue weighted by Crippen LogP contribution is 2.24. The van der Waals surface area contributed by atoms with Crippen LogP contribution in [0.1, 0.15) is 17.7 Å². The average molecular weight is 376 g/mol. The molecule has 4 heterocycles. The second-order valence-corrected chi connectivity index (χ2v) is 7.63. The van der Waals surface area contributed by atoms with Crippen molar-refractivity contribution in [1.82, 2.24) is 19.9 Å². The van der Waals surface area contributed by atoms with E-state index in [4.69, 9.17) is 11.6 Å².